The number of anilines is 1. The summed E-state index contributed by atoms with van der Waals surface area (Å²) in [6.07, 6.45) is 1.94. The van der Waals surface area contributed by atoms with Crippen LogP contribution in [-0.2, 0) is 11.2 Å². The molecule has 0 unspecified atom stereocenters. The van der Waals surface area contributed by atoms with Crippen molar-refractivity contribution in [2.24, 2.45) is 5.73 Å². The largest absolute Gasteiger partial charge is 0.370 e. The van der Waals surface area contributed by atoms with Gasteiger partial charge < -0.3 is 11.1 Å². The lowest BCUT2D eigenvalue weighted by molar-refractivity contribution is -0.118. The standard InChI is InChI=1S/C13H21ClN4O/c1-5-6-10-16-11(14)8(2)12(17-10)18-13(3,4)7-9(15)19/h5-7H2,1-4H3,(H2,15,19)(H,16,17,18). The summed E-state index contributed by atoms with van der Waals surface area (Å²) in [5.41, 5.74) is 5.54. The molecule has 0 saturated carbocycles. The van der Waals surface area contributed by atoms with E-state index in [2.05, 4.69) is 22.2 Å². The van der Waals surface area contributed by atoms with Gasteiger partial charge in [-0.1, -0.05) is 18.5 Å². The lowest BCUT2D eigenvalue weighted by Crippen LogP contribution is -2.36. The van der Waals surface area contributed by atoms with Crippen molar-refractivity contribution in [2.75, 3.05) is 5.32 Å². The molecule has 0 atom stereocenters. The minimum absolute atomic E-state index is 0.219. The molecular weight excluding hydrogens is 264 g/mol. The zero-order valence-electron chi connectivity index (χ0n) is 11.9. The van der Waals surface area contributed by atoms with Crippen molar-refractivity contribution in [1.29, 1.82) is 0 Å². The van der Waals surface area contributed by atoms with Gasteiger partial charge >= 0.3 is 0 Å². The minimum Gasteiger partial charge on any atom is -0.370 e. The van der Waals surface area contributed by atoms with Crippen LogP contribution in [-0.4, -0.2) is 21.4 Å². The summed E-state index contributed by atoms with van der Waals surface area (Å²) in [7, 11) is 0. The quantitative estimate of drug-likeness (QED) is 0.786. The highest BCUT2D eigenvalue weighted by Gasteiger charge is 2.22. The predicted octanol–water partition coefficient (Wildman–Crippen LogP) is 2.46. The minimum atomic E-state index is -0.474. The molecule has 1 rings (SSSR count). The van der Waals surface area contributed by atoms with Crippen LogP contribution in [0, 0.1) is 6.92 Å². The Hall–Kier alpha value is -1.36. The summed E-state index contributed by atoms with van der Waals surface area (Å²) in [4.78, 5) is 19.7. The molecule has 0 fully saturated rings. The number of primary amides is 1. The Kier molecular flexibility index (Phi) is 5.11. The highest BCUT2D eigenvalue weighted by molar-refractivity contribution is 6.30. The molecule has 106 valence electrons. The fourth-order valence-corrected chi connectivity index (χ4v) is 1.98. The van der Waals surface area contributed by atoms with Crippen molar-refractivity contribution in [2.45, 2.75) is 52.5 Å². The predicted molar refractivity (Wildman–Crippen MR) is 77.3 cm³/mol. The number of carbonyl (C=O) groups excluding carboxylic acids is 1. The summed E-state index contributed by atoms with van der Waals surface area (Å²) in [6, 6.07) is 0. The van der Waals surface area contributed by atoms with Crippen LogP contribution in [0.4, 0.5) is 5.82 Å². The van der Waals surface area contributed by atoms with Crippen LogP contribution in [0.15, 0.2) is 0 Å². The summed E-state index contributed by atoms with van der Waals surface area (Å²) < 4.78 is 0. The van der Waals surface area contributed by atoms with Crippen molar-refractivity contribution in [1.82, 2.24) is 9.97 Å². The Morgan fingerprint density at radius 2 is 2.05 bits per heavy atom. The summed E-state index contributed by atoms with van der Waals surface area (Å²) in [6.45, 7) is 7.70. The van der Waals surface area contributed by atoms with Crippen LogP contribution in [0.3, 0.4) is 0 Å². The third kappa shape index (κ3) is 4.67. The monoisotopic (exact) mass is 284 g/mol. The normalized spacial score (nSPS) is 11.4. The molecule has 5 nitrogen and oxygen atoms in total. The van der Waals surface area contributed by atoms with Crippen molar-refractivity contribution >= 4 is 23.3 Å². The zero-order valence-corrected chi connectivity index (χ0v) is 12.6. The van der Waals surface area contributed by atoms with E-state index in [0.29, 0.717) is 16.8 Å². The number of aromatic nitrogens is 2. The van der Waals surface area contributed by atoms with Gasteiger partial charge in [-0.25, -0.2) is 9.97 Å². The van der Waals surface area contributed by atoms with Gasteiger partial charge in [0.1, 0.15) is 16.8 Å². The number of carbonyl (C=O) groups is 1. The van der Waals surface area contributed by atoms with E-state index in [-0.39, 0.29) is 12.3 Å². The number of amides is 1. The number of rotatable bonds is 6. The van der Waals surface area contributed by atoms with E-state index in [1.165, 1.54) is 0 Å². The van der Waals surface area contributed by atoms with Crippen LogP contribution in [0.5, 0.6) is 0 Å². The first kappa shape index (κ1) is 15.7. The highest BCUT2D eigenvalue weighted by Crippen LogP contribution is 2.24. The summed E-state index contributed by atoms with van der Waals surface area (Å²) >= 11 is 6.11. The fourth-order valence-electron chi connectivity index (χ4n) is 1.79. The lowest BCUT2D eigenvalue weighted by atomic mass is 10.00. The molecule has 0 saturated heterocycles. The molecular formula is C13H21ClN4O. The average molecular weight is 285 g/mol. The Bertz CT molecular complexity index is 474. The highest BCUT2D eigenvalue weighted by atomic mass is 35.5. The van der Waals surface area contributed by atoms with Crippen LogP contribution in [0.25, 0.3) is 0 Å². The van der Waals surface area contributed by atoms with Gasteiger partial charge in [0.25, 0.3) is 0 Å². The molecule has 0 spiro atoms. The maximum Gasteiger partial charge on any atom is 0.219 e. The second kappa shape index (κ2) is 6.19. The second-order valence-electron chi connectivity index (χ2n) is 5.31. The van der Waals surface area contributed by atoms with Gasteiger partial charge in [0, 0.05) is 23.9 Å². The van der Waals surface area contributed by atoms with E-state index >= 15 is 0 Å². The van der Waals surface area contributed by atoms with Crippen LogP contribution in [0.2, 0.25) is 5.15 Å². The third-order valence-electron chi connectivity index (χ3n) is 2.68. The van der Waals surface area contributed by atoms with E-state index in [0.717, 1.165) is 18.4 Å². The maximum atomic E-state index is 11.0. The topological polar surface area (TPSA) is 80.9 Å². The van der Waals surface area contributed by atoms with Crippen molar-refractivity contribution in [3.63, 3.8) is 0 Å². The molecule has 1 heterocycles. The zero-order chi connectivity index (χ0) is 14.6. The Labute approximate surface area is 119 Å². The van der Waals surface area contributed by atoms with E-state index in [4.69, 9.17) is 17.3 Å². The molecule has 3 N–H and O–H groups in total. The van der Waals surface area contributed by atoms with E-state index in [1.807, 2.05) is 20.8 Å². The molecule has 19 heavy (non-hydrogen) atoms. The average Bonchev–Trinajstić information content (AvgIpc) is 2.23. The number of nitrogens with zero attached hydrogens (tertiary/aromatic N) is 2. The summed E-state index contributed by atoms with van der Waals surface area (Å²) in [5, 5.41) is 3.66. The molecule has 0 aromatic carbocycles. The fraction of sp³-hybridized carbons (Fsp3) is 0.615. The summed E-state index contributed by atoms with van der Waals surface area (Å²) in [5.74, 6) is 1.01. The molecule has 1 aromatic rings. The SMILES string of the molecule is CCCc1nc(Cl)c(C)c(NC(C)(C)CC(N)=O)n1. The molecule has 0 aliphatic carbocycles. The van der Waals surface area contributed by atoms with Gasteiger partial charge in [-0.3, -0.25) is 4.79 Å². The van der Waals surface area contributed by atoms with Crippen LogP contribution >= 0.6 is 11.6 Å². The Balaban J connectivity index is 3.02. The molecule has 0 aliphatic heterocycles. The molecule has 1 amide bonds. The molecule has 0 bridgehead atoms. The van der Waals surface area contributed by atoms with E-state index < -0.39 is 5.54 Å². The van der Waals surface area contributed by atoms with Crippen molar-refractivity contribution in [3.05, 3.63) is 16.5 Å². The van der Waals surface area contributed by atoms with Gasteiger partial charge in [0.05, 0.1) is 0 Å². The van der Waals surface area contributed by atoms with Gasteiger partial charge in [-0.05, 0) is 27.2 Å². The Morgan fingerprint density at radius 3 is 2.58 bits per heavy atom. The van der Waals surface area contributed by atoms with Gasteiger partial charge in [0.2, 0.25) is 5.91 Å². The number of nitrogens with one attached hydrogen (secondary N) is 1. The van der Waals surface area contributed by atoms with Crippen LogP contribution < -0.4 is 11.1 Å². The first-order valence-electron chi connectivity index (χ1n) is 6.34. The number of nitrogens with two attached hydrogens (primary N) is 1. The van der Waals surface area contributed by atoms with E-state index in [1.54, 1.807) is 0 Å². The third-order valence-corrected chi connectivity index (χ3v) is 3.05. The van der Waals surface area contributed by atoms with Gasteiger partial charge in [-0.15, -0.1) is 0 Å². The smallest absolute Gasteiger partial charge is 0.219 e. The van der Waals surface area contributed by atoms with Crippen LogP contribution in [0.1, 0.15) is 45.0 Å². The number of hydrogen-bond acceptors (Lipinski definition) is 4. The second-order valence-corrected chi connectivity index (χ2v) is 5.66. The number of aryl methyl sites for hydroxylation is 1. The first-order chi connectivity index (χ1) is 8.75. The van der Waals surface area contributed by atoms with Gasteiger partial charge in [0.15, 0.2) is 0 Å². The number of halogens is 1. The van der Waals surface area contributed by atoms with Crippen molar-refractivity contribution in [3.8, 4) is 0 Å². The molecule has 6 heteroatoms. The Morgan fingerprint density at radius 1 is 1.42 bits per heavy atom. The number of hydrogen-bond donors (Lipinski definition) is 2. The molecule has 0 aliphatic rings. The van der Waals surface area contributed by atoms with Crippen molar-refractivity contribution < 1.29 is 4.79 Å². The van der Waals surface area contributed by atoms with Gasteiger partial charge in [-0.2, -0.15) is 0 Å². The molecule has 0 radical (unpaired) electrons. The van der Waals surface area contributed by atoms with E-state index in [9.17, 15) is 4.79 Å². The maximum absolute atomic E-state index is 11.0. The lowest BCUT2D eigenvalue weighted by Gasteiger charge is -2.26. The first-order valence-corrected chi connectivity index (χ1v) is 6.72. The molecule has 1 aromatic heterocycles.